The van der Waals surface area contributed by atoms with Crippen LogP contribution in [0.25, 0.3) is 0 Å². The van der Waals surface area contributed by atoms with E-state index >= 15 is 0 Å². The first-order chi connectivity index (χ1) is 9.72. The summed E-state index contributed by atoms with van der Waals surface area (Å²) in [6, 6.07) is 8.42. The number of aromatic nitrogens is 2. The highest BCUT2D eigenvalue weighted by atomic mass is 79.9. The van der Waals surface area contributed by atoms with Crippen LogP contribution >= 0.6 is 27.7 Å². The molecule has 4 nitrogen and oxygen atoms in total. The Kier molecular flexibility index (Phi) is 4.43. The number of thioether (sulfide) groups is 1. The van der Waals surface area contributed by atoms with Crippen LogP contribution in [0.4, 0.5) is 0 Å². The van der Waals surface area contributed by atoms with Crippen LogP contribution in [0.15, 0.2) is 38.2 Å². The Bertz CT molecular complexity index is 589. The van der Waals surface area contributed by atoms with Crippen molar-refractivity contribution in [3.05, 3.63) is 40.5 Å². The van der Waals surface area contributed by atoms with Gasteiger partial charge in [-0.05, 0) is 47.3 Å². The largest absolute Gasteiger partial charge is 0.339 e. The van der Waals surface area contributed by atoms with Crippen molar-refractivity contribution < 1.29 is 4.52 Å². The van der Waals surface area contributed by atoms with Gasteiger partial charge >= 0.3 is 0 Å². The fourth-order valence-corrected chi connectivity index (χ4v) is 3.85. The molecule has 6 heteroatoms. The summed E-state index contributed by atoms with van der Waals surface area (Å²) in [4.78, 5) is 5.68. The number of nitrogens with two attached hydrogens (primary N) is 1. The second kappa shape index (κ2) is 6.28. The van der Waals surface area contributed by atoms with E-state index in [1.54, 1.807) is 11.8 Å². The minimum Gasteiger partial charge on any atom is -0.339 e. The second-order valence-electron chi connectivity index (χ2n) is 5.04. The van der Waals surface area contributed by atoms with E-state index in [0.29, 0.717) is 11.7 Å². The first-order valence-corrected chi connectivity index (χ1v) is 8.45. The number of nitrogens with zero attached hydrogens (tertiary/aromatic N) is 2. The summed E-state index contributed by atoms with van der Waals surface area (Å²) in [6.07, 6.45) is 3.06. The van der Waals surface area contributed by atoms with Crippen LogP contribution in [0.1, 0.15) is 36.9 Å². The fourth-order valence-electron chi connectivity index (χ4n) is 2.44. The predicted octanol–water partition coefficient (Wildman–Crippen LogP) is 3.72. The van der Waals surface area contributed by atoms with Gasteiger partial charge in [0, 0.05) is 21.3 Å². The third-order valence-electron chi connectivity index (χ3n) is 3.50. The molecule has 20 heavy (non-hydrogen) atoms. The molecule has 2 N–H and O–H groups in total. The summed E-state index contributed by atoms with van der Waals surface area (Å²) >= 11 is 5.24. The average molecular weight is 354 g/mol. The molecule has 1 aliphatic carbocycles. The molecule has 3 rings (SSSR count). The van der Waals surface area contributed by atoms with Gasteiger partial charge in [-0.2, -0.15) is 4.98 Å². The highest BCUT2D eigenvalue weighted by molar-refractivity contribution is 9.10. The maximum absolute atomic E-state index is 5.92. The Morgan fingerprint density at radius 3 is 2.95 bits per heavy atom. The van der Waals surface area contributed by atoms with Crippen LogP contribution in [-0.2, 0) is 5.75 Å². The van der Waals surface area contributed by atoms with Crippen LogP contribution in [0, 0.1) is 0 Å². The van der Waals surface area contributed by atoms with Crippen LogP contribution < -0.4 is 5.73 Å². The Balaban J connectivity index is 1.62. The maximum atomic E-state index is 5.92. The molecule has 2 atom stereocenters. The first kappa shape index (κ1) is 14.1. The summed E-state index contributed by atoms with van der Waals surface area (Å²) in [6.45, 7) is 0. The molecule has 2 unspecified atom stereocenters. The normalized spacial score (nSPS) is 22.3. The van der Waals surface area contributed by atoms with Gasteiger partial charge in [0.05, 0.1) is 5.75 Å². The molecule has 1 aliphatic rings. The molecule has 0 radical (unpaired) electrons. The van der Waals surface area contributed by atoms with Gasteiger partial charge in [0.15, 0.2) is 5.82 Å². The summed E-state index contributed by atoms with van der Waals surface area (Å²) in [7, 11) is 0. The molecule has 0 aliphatic heterocycles. The van der Waals surface area contributed by atoms with Crippen molar-refractivity contribution >= 4 is 27.7 Å². The third kappa shape index (κ3) is 3.24. The van der Waals surface area contributed by atoms with E-state index in [1.165, 1.54) is 4.90 Å². The van der Waals surface area contributed by atoms with Crippen molar-refractivity contribution in [3.63, 3.8) is 0 Å². The number of hydrogen-bond donors (Lipinski definition) is 1. The van der Waals surface area contributed by atoms with E-state index in [4.69, 9.17) is 10.3 Å². The molecule has 1 aromatic heterocycles. The molecule has 0 amide bonds. The Morgan fingerprint density at radius 1 is 1.35 bits per heavy atom. The van der Waals surface area contributed by atoms with Crippen LogP contribution in [0.3, 0.4) is 0 Å². The van der Waals surface area contributed by atoms with E-state index in [0.717, 1.165) is 35.5 Å². The van der Waals surface area contributed by atoms with Gasteiger partial charge in [-0.25, -0.2) is 0 Å². The molecule has 1 fully saturated rings. The van der Waals surface area contributed by atoms with Gasteiger partial charge in [0.1, 0.15) is 0 Å². The van der Waals surface area contributed by atoms with Crippen LogP contribution in [0.5, 0.6) is 0 Å². The van der Waals surface area contributed by atoms with Crippen molar-refractivity contribution in [2.24, 2.45) is 5.73 Å². The molecular weight excluding hydrogens is 338 g/mol. The standard InChI is InChI=1S/C14H16BrN3OS/c15-11-3-1-2-4-12(11)20-8-13-17-14(19-18-13)9-5-6-10(16)7-9/h1-4,9-10H,5-8,16H2. The number of hydrogen-bond acceptors (Lipinski definition) is 5. The van der Waals surface area contributed by atoms with E-state index in [-0.39, 0.29) is 6.04 Å². The van der Waals surface area contributed by atoms with Crippen molar-refractivity contribution in [2.75, 3.05) is 0 Å². The maximum Gasteiger partial charge on any atom is 0.229 e. The van der Waals surface area contributed by atoms with Crippen molar-refractivity contribution in [3.8, 4) is 0 Å². The zero-order valence-electron chi connectivity index (χ0n) is 11.0. The number of halogens is 1. The third-order valence-corrected chi connectivity index (χ3v) is 5.52. The highest BCUT2D eigenvalue weighted by Gasteiger charge is 2.27. The summed E-state index contributed by atoms with van der Waals surface area (Å²) in [5.74, 6) is 2.56. The fraction of sp³-hybridized carbons (Fsp3) is 0.429. The van der Waals surface area contributed by atoms with Gasteiger partial charge in [-0.3, -0.25) is 0 Å². The smallest absolute Gasteiger partial charge is 0.229 e. The average Bonchev–Trinajstić information content (AvgIpc) is 3.06. The molecule has 106 valence electrons. The van der Waals surface area contributed by atoms with Gasteiger partial charge in [-0.15, -0.1) is 11.8 Å². The number of rotatable bonds is 4. The molecule has 1 saturated carbocycles. The molecule has 0 bridgehead atoms. The molecule has 1 heterocycles. The monoisotopic (exact) mass is 353 g/mol. The lowest BCUT2D eigenvalue weighted by Crippen LogP contribution is -2.14. The lowest BCUT2D eigenvalue weighted by Gasteiger charge is -2.02. The molecule has 1 aromatic carbocycles. The second-order valence-corrected chi connectivity index (χ2v) is 6.91. The minimum atomic E-state index is 0.282. The lowest BCUT2D eigenvalue weighted by atomic mass is 10.1. The SMILES string of the molecule is NC1CCC(c2nc(CSc3ccccc3Br)no2)C1. The van der Waals surface area contributed by atoms with Crippen LogP contribution in [-0.4, -0.2) is 16.2 Å². The zero-order chi connectivity index (χ0) is 13.9. The Labute approximate surface area is 130 Å². The van der Waals surface area contributed by atoms with Crippen molar-refractivity contribution in [1.82, 2.24) is 10.1 Å². The van der Waals surface area contributed by atoms with E-state index in [9.17, 15) is 0 Å². The molecular formula is C14H16BrN3OS. The van der Waals surface area contributed by atoms with E-state index in [2.05, 4.69) is 32.1 Å². The molecule has 2 aromatic rings. The quantitative estimate of drug-likeness (QED) is 0.848. The molecule has 0 spiro atoms. The van der Waals surface area contributed by atoms with Crippen LogP contribution in [0.2, 0.25) is 0 Å². The first-order valence-electron chi connectivity index (χ1n) is 6.68. The summed E-state index contributed by atoms with van der Waals surface area (Å²) in [5, 5.41) is 4.07. The minimum absolute atomic E-state index is 0.282. The lowest BCUT2D eigenvalue weighted by molar-refractivity contribution is 0.350. The highest BCUT2D eigenvalue weighted by Crippen LogP contribution is 2.33. The number of benzene rings is 1. The Hall–Kier alpha value is -0.850. The Morgan fingerprint density at radius 2 is 2.20 bits per heavy atom. The zero-order valence-corrected chi connectivity index (χ0v) is 13.4. The van der Waals surface area contributed by atoms with E-state index < -0.39 is 0 Å². The van der Waals surface area contributed by atoms with Crippen molar-refractivity contribution in [2.45, 2.75) is 41.9 Å². The van der Waals surface area contributed by atoms with Crippen molar-refractivity contribution in [1.29, 1.82) is 0 Å². The van der Waals surface area contributed by atoms with Gasteiger partial charge in [-0.1, -0.05) is 17.3 Å². The van der Waals surface area contributed by atoms with Gasteiger partial charge in [0.25, 0.3) is 0 Å². The summed E-state index contributed by atoms with van der Waals surface area (Å²) < 4.78 is 6.47. The molecule has 0 saturated heterocycles. The van der Waals surface area contributed by atoms with E-state index in [1.807, 2.05) is 18.2 Å². The predicted molar refractivity (Wildman–Crippen MR) is 82.6 cm³/mol. The summed E-state index contributed by atoms with van der Waals surface area (Å²) in [5.41, 5.74) is 5.92. The van der Waals surface area contributed by atoms with Gasteiger partial charge < -0.3 is 10.3 Å². The van der Waals surface area contributed by atoms with Gasteiger partial charge in [0.2, 0.25) is 5.89 Å². The topological polar surface area (TPSA) is 64.9 Å².